The van der Waals surface area contributed by atoms with Gasteiger partial charge in [0.2, 0.25) is 15.2 Å². The van der Waals surface area contributed by atoms with Crippen LogP contribution in [0.5, 0.6) is 0 Å². The molecular formula is C31H36Cl2N6O3S3. The number of aryl methyl sites for hydroxylation is 1. The van der Waals surface area contributed by atoms with Gasteiger partial charge < -0.3 is 10.6 Å². The minimum Gasteiger partial charge on any atom is -0.337 e. The van der Waals surface area contributed by atoms with E-state index in [-0.39, 0.29) is 5.91 Å². The minimum atomic E-state index is -3.52. The number of carbonyl (C=O) groups excluding carboxylic acids is 1. The molecule has 4 aromatic rings. The van der Waals surface area contributed by atoms with Crippen molar-refractivity contribution in [3.63, 3.8) is 0 Å². The SMILES string of the molecule is CCCSc1sc(-n2nc(C)c(Cc3ccccc3NS(C)(=O)=O)c2C(=O)N2CCC(CN)CC2)nc1-c1ccc(Cl)c(Cl)c1. The van der Waals surface area contributed by atoms with Crippen LogP contribution in [-0.4, -0.2) is 65.6 Å². The molecule has 0 aliphatic carbocycles. The number of nitrogens with one attached hydrogen (secondary N) is 1. The Morgan fingerprint density at radius 1 is 1.16 bits per heavy atom. The summed E-state index contributed by atoms with van der Waals surface area (Å²) in [5.74, 6) is 1.15. The summed E-state index contributed by atoms with van der Waals surface area (Å²) in [4.78, 5) is 21.3. The van der Waals surface area contributed by atoms with Crippen molar-refractivity contribution in [1.29, 1.82) is 0 Å². The predicted molar refractivity (Wildman–Crippen MR) is 186 cm³/mol. The van der Waals surface area contributed by atoms with Crippen LogP contribution in [0.2, 0.25) is 10.0 Å². The summed E-state index contributed by atoms with van der Waals surface area (Å²) < 4.78 is 29.5. The Labute approximate surface area is 282 Å². The van der Waals surface area contributed by atoms with Crippen LogP contribution in [0.3, 0.4) is 0 Å². The van der Waals surface area contributed by atoms with Crippen molar-refractivity contribution in [2.75, 3.05) is 36.4 Å². The van der Waals surface area contributed by atoms with E-state index >= 15 is 0 Å². The van der Waals surface area contributed by atoms with Crippen LogP contribution in [0.15, 0.2) is 46.7 Å². The Morgan fingerprint density at radius 2 is 1.89 bits per heavy atom. The molecule has 9 nitrogen and oxygen atoms in total. The van der Waals surface area contributed by atoms with Crippen molar-refractivity contribution >= 4 is 67.9 Å². The first kappa shape index (κ1) is 33.7. The van der Waals surface area contributed by atoms with Crippen LogP contribution in [0.25, 0.3) is 16.4 Å². The fourth-order valence-electron chi connectivity index (χ4n) is 5.32. The van der Waals surface area contributed by atoms with Crippen molar-refractivity contribution in [3.05, 3.63) is 75.0 Å². The molecule has 3 heterocycles. The molecule has 1 amide bonds. The fourth-order valence-corrected chi connectivity index (χ4v) is 8.40. The van der Waals surface area contributed by atoms with Gasteiger partial charge in [0.15, 0.2) is 0 Å². The molecule has 240 valence electrons. The first-order valence-electron chi connectivity index (χ1n) is 14.7. The largest absolute Gasteiger partial charge is 0.337 e. The molecule has 2 aromatic heterocycles. The van der Waals surface area contributed by atoms with Crippen LogP contribution in [0, 0.1) is 12.8 Å². The zero-order chi connectivity index (χ0) is 32.3. The van der Waals surface area contributed by atoms with Gasteiger partial charge in [-0.15, -0.1) is 11.8 Å². The van der Waals surface area contributed by atoms with Crippen molar-refractivity contribution in [1.82, 2.24) is 19.7 Å². The van der Waals surface area contributed by atoms with Gasteiger partial charge in [0.1, 0.15) is 5.69 Å². The van der Waals surface area contributed by atoms with E-state index in [2.05, 4.69) is 11.6 Å². The van der Waals surface area contributed by atoms with Gasteiger partial charge in [-0.1, -0.05) is 65.7 Å². The lowest BCUT2D eigenvalue weighted by Crippen LogP contribution is -2.41. The molecule has 3 N–H and O–H groups in total. The summed E-state index contributed by atoms with van der Waals surface area (Å²) in [7, 11) is -3.52. The second-order valence-electron chi connectivity index (χ2n) is 11.1. The van der Waals surface area contributed by atoms with Crippen LogP contribution >= 0.6 is 46.3 Å². The molecular weight excluding hydrogens is 671 g/mol. The Bertz CT molecular complexity index is 1800. The number of hydrogen-bond acceptors (Lipinski definition) is 8. The lowest BCUT2D eigenvalue weighted by Gasteiger charge is -2.31. The lowest BCUT2D eigenvalue weighted by molar-refractivity contribution is 0.0683. The number of aromatic nitrogens is 3. The maximum atomic E-state index is 14.4. The molecule has 1 saturated heterocycles. The second-order valence-corrected chi connectivity index (χ2v) is 16.0. The third kappa shape index (κ3) is 7.86. The Morgan fingerprint density at radius 3 is 2.56 bits per heavy atom. The van der Waals surface area contributed by atoms with E-state index in [9.17, 15) is 13.2 Å². The highest BCUT2D eigenvalue weighted by Gasteiger charge is 2.31. The number of hydrogen-bond donors (Lipinski definition) is 2. The molecule has 0 radical (unpaired) electrons. The van der Waals surface area contributed by atoms with Gasteiger partial charge in [-0.25, -0.2) is 13.4 Å². The van der Waals surface area contributed by atoms with Crippen molar-refractivity contribution in [2.24, 2.45) is 11.7 Å². The number of amides is 1. The maximum Gasteiger partial charge on any atom is 0.273 e. The molecule has 1 fully saturated rings. The van der Waals surface area contributed by atoms with Gasteiger partial charge in [0.25, 0.3) is 5.91 Å². The Hall–Kier alpha value is -2.61. The van der Waals surface area contributed by atoms with Crippen molar-refractivity contribution < 1.29 is 13.2 Å². The number of nitrogens with zero attached hydrogens (tertiary/aromatic N) is 4. The number of sulfonamides is 1. The first-order chi connectivity index (χ1) is 21.5. The minimum absolute atomic E-state index is 0.135. The summed E-state index contributed by atoms with van der Waals surface area (Å²) in [5, 5.41) is 6.35. The predicted octanol–water partition coefficient (Wildman–Crippen LogP) is 6.89. The molecule has 0 unspecified atom stereocenters. The number of halogens is 2. The molecule has 0 spiro atoms. The van der Waals surface area contributed by atoms with Gasteiger partial charge in [-0.2, -0.15) is 9.78 Å². The van der Waals surface area contributed by atoms with E-state index in [1.165, 1.54) is 11.3 Å². The van der Waals surface area contributed by atoms with E-state index in [0.29, 0.717) is 64.2 Å². The summed E-state index contributed by atoms with van der Waals surface area (Å²) in [5.41, 5.74) is 10.5. The average molecular weight is 708 g/mol. The summed E-state index contributed by atoms with van der Waals surface area (Å²) in [6, 6.07) is 12.7. The van der Waals surface area contributed by atoms with Gasteiger partial charge in [0.05, 0.1) is 37.6 Å². The van der Waals surface area contributed by atoms with Crippen molar-refractivity contribution in [2.45, 2.75) is 43.7 Å². The Kier molecular flexibility index (Phi) is 10.8. The molecule has 0 bridgehead atoms. The number of benzene rings is 2. The molecule has 1 aliphatic heterocycles. The van der Waals surface area contributed by atoms with Crippen molar-refractivity contribution in [3.8, 4) is 16.4 Å². The number of para-hydroxylation sites is 1. The van der Waals surface area contributed by atoms with Crippen LogP contribution in [0.1, 0.15) is 53.5 Å². The smallest absolute Gasteiger partial charge is 0.273 e. The number of likely N-dealkylation sites (tertiary alicyclic amines) is 1. The van der Waals surface area contributed by atoms with E-state index in [4.69, 9.17) is 39.0 Å². The van der Waals surface area contributed by atoms with Gasteiger partial charge in [-0.05, 0) is 68.2 Å². The standard InChI is InChI=1S/C31H36Cl2N6O3S3/c1-4-15-43-30-27(22-9-10-24(32)25(33)17-22)35-31(44-30)39-28(29(40)38-13-11-20(18-34)12-14-38)23(19(2)36-39)16-21-7-5-6-8-26(21)37-45(3,41)42/h5-10,17,20,37H,4,11-16,18,34H2,1-3H3. The summed E-state index contributed by atoms with van der Waals surface area (Å²) >= 11 is 15.8. The zero-order valence-electron chi connectivity index (χ0n) is 25.3. The van der Waals surface area contributed by atoms with Gasteiger partial charge in [0, 0.05) is 30.6 Å². The van der Waals surface area contributed by atoms with Crippen LogP contribution in [0.4, 0.5) is 5.69 Å². The van der Waals surface area contributed by atoms with Gasteiger partial charge >= 0.3 is 0 Å². The third-order valence-corrected chi connectivity index (χ3v) is 11.5. The summed E-state index contributed by atoms with van der Waals surface area (Å²) in [6.07, 6.45) is 4.07. The average Bonchev–Trinajstić information content (AvgIpc) is 3.58. The number of anilines is 1. The topological polar surface area (TPSA) is 123 Å². The quantitative estimate of drug-likeness (QED) is 0.163. The number of thioether (sulfide) groups is 1. The molecule has 1 aliphatic rings. The fraction of sp³-hybridized carbons (Fsp3) is 0.387. The molecule has 45 heavy (non-hydrogen) atoms. The lowest BCUT2D eigenvalue weighted by atomic mass is 9.96. The second kappa shape index (κ2) is 14.4. The molecule has 0 saturated carbocycles. The maximum absolute atomic E-state index is 14.4. The molecule has 0 atom stereocenters. The summed E-state index contributed by atoms with van der Waals surface area (Å²) in [6.45, 7) is 5.79. The van der Waals surface area contributed by atoms with E-state index < -0.39 is 10.0 Å². The highest BCUT2D eigenvalue weighted by molar-refractivity contribution is 8.01. The zero-order valence-corrected chi connectivity index (χ0v) is 29.3. The van der Waals surface area contributed by atoms with E-state index in [1.807, 2.05) is 30.0 Å². The Balaban J connectivity index is 1.64. The molecule has 14 heteroatoms. The normalized spacial score (nSPS) is 14.2. The van der Waals surface area contributed by atoms with E-state index in [0.717, 1.165) is 57.9 Å². The van der Waals surface area contributed by atoms with Crippen LogP contribution in [-0.2, 0) is 16.4 Å². The van der Waals surface area contributed by atoms with Gasteiger partial charge in [-0.3, -0.25) is 9.52 Å². The number of thiazole rings is 1. The number of carbonyl (C=O) groups is 1. The first-order valence-corrected chi connectivity index (χ1v) is 19.2. The highest BCUT2D eigenvalue weighted by atomic mass is 35.5. The number of nitrogens with two attached hydrogens (primary N) is 1. The third-order valence-electron chi connectivity index (χ3n) is 7.70. The highest BCUT2D eigenvalue weighted by Crippen LogP contribution is 2.40. The number of piperidine rings is 1. The number of rotatable bonds is 11. The molecule has 2 aromatic carbocycles. The van der Waals surface area contributed by atoms with E-state index in [1.54, 1.807) is 40.7 Å². The molecule has 5 rings (SSSR count). The van der Waals surface area contributed by atoms with Crippen LogP contribution < -0.4 is 10.5 Å². The monoisotopic (exact) mass is 706 g/mol.